The van der Waals surface area contributed by atoms with Crippen LogP contribution in [-0.2, 0) is 25.7 Å². The molecule has 0 bridgehead atoms. The quantitative estimate of drug-likeness (QED) is 0.785. The van der Waals surface area contributed by atoms with E-state index in [1.807, 2.05) is 0 Å². The molecule has 0 atom stereocenters. The summed E-state index contributed by atoms with van der Waals surface area (Å²) >= 11 is 0. The van der Waals surface area contributed by atoms with E-state index in [2.05, 4.69) is 10.3 Å². The molecule has 0 aromatic carbocycles. The monoisotopic (exact) mass is 299 g/mol. The van der Waals surface area contributed by atoms with Crippen molar-refractivity contribution in [3.05, 3.63) is 23.9 Å². The molecule has 0 unspecified atom stereocenters. The second-order valence-corrected chi connectivity index (χ2v) is 5.85. The molecule has 0 radical (unpaired) electrons. The molecule has 1 fully saturated rings. The van der Waals surface area contributed by atoms with Gasteiger partial charge in [-0.15, -0.1) is 0 Å². The van der Waals surface area contributed by atoms with Crippen molar-refractivity contribution >= 4 is 27.9 Å². The Morgan fingerprint density at radius 2 is 2.20 bits per heavy atom. The Morgan fingerprint density at radius 3 is 2.85 bits per heavy atom. The number of anilines is 1. The van der Waals surface area contributed by atoms with E-state index in [0.29, 0.717) is 5.56 Å². The summed E-state index contributed by atoms with van der Waals surface area (Å²) < 4.78 is 26.7. The van der Waals surface area contributed by atoms with Crippen molar-refractivity contribution in [2.45, 2.75) is 13.0 Å². The van der Waals surface area contributed by atoms with Gasteiger partial charge in [-0.25, -0.2) is 9.78 Å². The third-order valence-electron chi connectivity index (χ3n) is 2.61. The normalized spacial score (nSPS) is 16.1. The van der Waals surface area contributed by atoms with E-state index in [1.54, 1.807) is 12.1 Å². The number of imide groups is 1. The summed E-state index contributed by atoms with van der Waals surface area (Å²) in [6.07, 6.45) is 2.58. The van der Waals surface area contributed by atoms with Gasteiger partial charge in [-0.3, -0.25) is 19.2 Å². The molecule has 1 aromatic rings. The Kier molecular flexibility index (Phi) is 4.00. The fraction of sp³-hybridized carbons (Fsp3) is 0.364. The first-order valence-corrected chi connectivity index (χ1v) is 7.58. The van der Waals surface area contributed by atoms with Crippen LogP contribution in [0.25, 0.3) is 0 Å². The number of rotatable bonds is 4. The highest BCUT2D eigenvalue weighted by Crippen LogP contribution is 2.20. The van der Waals surface area contributed by atoms with Crippen LogP contribution >= 0.6 is 0 Å². The third kappa shape index (κ3) is 3.52. The van der Waals surface area contributed by atoms with E-state index >= 15 is 0 Å². The third-order valence-corrected chi connectivity index (χ3v) is 3.15. The fourth-order valence-electron chi connectivity index (χ4n) is 1.72. The first-order chi connectivity index (χ1) is 9.37. The van der Waals surface area contributed by atoms with E-state index in [1.165, 1.54) is 11.1 Å². The average Bonchev–Trinajstić information content (AvgIpc) is 2.36. The van der Waals surface area contributed by atoms with E-state index in [0.717, 1.165) is 6.26 Å². The number of amides is 3. The first kappa shape index (κ1) is 14.4. The zero-order chi connectivity index (χ0) is 14.8. The lowest BCUT2D eigenvalue weighted by atomic mass is 10.2. The van der Waals surface area contributed by atoms with Crippen LogP contribution < -0.4 is 10.2 Å². The molecule has 0 aliphatic carbocycles. The van der Waals surface area contributed by atoms with Gasteiger partial charge in [0.1, 0.15) is 5.82 Å². The van der Waals surface area contributed by atoms with Crippen LogP contribution in [0.1, 0.15) is 12.0 Å². The molecule has 0 saturated carbocycles. The van der Waals surface area contributed by atoms with Crippen molar-refractivity contribution in [3.8, 4) is 0 Å². The molecule has 2 rings (SSSR count). The van der Waals surface area contributed by atoms with Gasteiger partial charge in [-0.1, -0.05) is 6.07 Å². The average molecular weight is 299 g/mol. The standard InChI is InChI=1S/C11H13N3O5S/c1-20(17,18)19-7-8-3-2-5-12-10(8)14-6-4-9(15)13-11(14)16/h2-3,5H,4,6-7H2,1H3,(H,13,15,16). The molecule has 1 N–H and O–H groups in total. The van der Waals surface area contributed by atoms with Crippen LogP contribution in [0.5, 0.6) is 0 Å². The lowest BCUT2D eigenvalue weighted by Gasteiger charge is -2.27. The summed E-state index contributed by atoms with van der Waals surface area (Å²) in [4.78, 5) is 28.2. The number of hydrogen-bond acceptors (Lipinski definition) is 6. The maximum atomic E-state index is 11.8. The Hall–Kier alpha value is -2.00. The Labute approximate surface area is 115 Å². The number of nitrogens with one attached hydrogen (secondary N) is 1. The van der Waals surface area contributed by atoms with Gasteiger partial charge in [0.15, 0.2) is 0 Å². The van der Waals surface area contributed by atoms with Crippen molar-refractivity contribution in [1.82, 2.24) is 10.3 Å². The number of pyridine rings is 1. The predicted octanol–water partition coefficient (Wildman–Crippen LogP) is 0.00410. The maximum Gasteiger partial charge on any atom is 0.329 e. The molecular formula is C11H13N3O5S. The van der Waals surface area contributed by atoms with Gasteiger partial charge in [0, 0.05) is 24.7 Å². The second kappa shape index (κ2) is 5.55. The highest BCUT2D eigenvalue weighted by molar-refractivity contribution is 7.85. The first-order valence-electron chi connectivity index (χ1n) is 5.76. The topological polar surface area (TPSA) is 106 Å². The van der Waals surface area contributed by atoms with Crippen molar-refractivity contribution in [3.63, 3.8) is 0 Å². The van der Waals surface area contributed by atoms with Crippen molar-refractivity contribution < 1.29 is 22.2 Å². The smallest absolute Gasteiger partial charge is 0.278 e. The van der Waals surface area contributed by atoms with Gasteiger partial charge < -0.3 is 0 Å². The van der Waals surface area contributed by atoms with Crippen LogP contribution in [0.3, 0.4) is 0 Å². The minimum Gasteiger partial charge on any atom is -0.278 e. The number of nitrogens with zero attached hydrogens (tertiary/aromatic N) is 2. The highest BCUT2D eigenvalue weighted by Gasteiger charge is 2.26. The Balaban J connectivity index is 2.23. The molecule has 20 heavy (non-hydrogen) atoms. The lowest BCUT2D eigenvalue weighted by Crippen LogP contribution is -2.50. The van der Waals surface area contributed by atoms with E-state index in [9.17, 15) is 18.0 Å². The van der Waals surface area contributed by atoms with Gasteiger partial charge in [-0.2, -0.15) is 8.42 Å². The van der Waals surface area contributed by atoms with Crippen molar-refractivity contribution in [2.24, 2.45) is 0 Å². The minimum absolute atomic E-state index is 0.161. The van der Waals surface area contributed by atoms with Crippen LogP contribution in [-0.4, -0.2) is 38.1 Å². The second-order valence-electron chi connectivity index (χ2n) is 4.21. The zero-order valence-corrected chi connectivity index (χ0v) is 11.5. The molecule has 1 aliphatic rings. The summed E-state index contributed by atoms with van der Waals surface area (Å²) in [5.41, 5.74) is 0.447. The summed E-state index contributed by atoms with van der Waals surface area (Å²) in [6, 6.07) is 2.63. The number of carbonyl (C=O) groups excluding carboxylic acids is 2. The van der Waals surface area contributed by atoms with Crippen LogP contribution in [0.2, 0.25) is 0 Å². The summed E-state index contributed by atoms with van der Waals surface area (Å²) in [5, 5.41) is 2.18. The van der Waals surface area contributed by atoms with E-state index in [-0.39, 0.29) is 31.3 Å². The molecular weight excluding hydrogens is 286 g/mol. The molecule has 1 aliphatic heterocycles. The molecule has 1 aromatic heterocycles. The SMILES string of the molecule is CS(=O)(=O)OCc1cccnc1N1CCC(=O)NC1=O. The number of urea groups is 1. The molecule has 1 saturated heterocycles. The highest BCUT2D eigenvalue weighted by atomic mass is 32.2. The van der Waals surface area contributed by atoms with Gasteiger partial charge in [0.2, 0.25) is 5.91 Å². The van der Waals surface area contributed by atoms with Crippen LogP contribution in [0.4, 0.5) is 10.6 Å². The number of carbonyl (C=O) groups is 2. The summed E-state index contributed by atoms with van der Waals surface area (Å²) in [6.45, 7) is -0.0344. The number of hydrogen-bond donors (Lipinski definition) is 1. The largest absolute Gasteiger partial charge is 0.329 e. The molecule has 9 heteroatoms. The minimum atomic E-state index is -3.59. The van der Waals surface area contributed by atoms with Gasteiger partial charge >= 0.3 is 6.03 Å². The summed E-state index contributed by atoms with van der Waals surface area (Å²) in [5.74, 6) is -0.0720. The molecule has 108 valence electrons. The zero-order valence-electron chi connectivity index (χ0n) is 10.7. The van der Waals surface area contributed by atoms with E-state index in [4.69, 9.17) is 4.18 Å². The van der Waals surface area contributed by atoms with Crippen molar-refractivity contribution in [1.29, 1.82) is 0 Å². The van der Waals surface area contributed by atoms with Gasteiger partial charge in [0.25, 0.3) is 10.1 Å². The predicted molar refractivity (Wildman–Crippen MR) is 69.4 cm³/mol. The van der Waals surface area contributed by atoms with E-state index < -0.39 is 16.1 Å². The summed E-state index contributed by atoms with van der Waals surface area (Å²) in [7, 11) is -3.59. The van der Waals surface area contributed by atoms with Crippen molar-refractivity contribution in [2.75, 3.05) is 17.7 Å². The lowest BCUT2D eigenvalue weighted by molar-refractivity contribution is -0.120. The number of aromatic nitrogens is 1. The molecule has 2 heterocycles. The molecule has 3 amide bonds. The Morgan fingerprint density at radius 1 is 1.45 bits per heavy atom. The van der Waals surface area contributed by atoms with Crippen LogP contribution in [0.15, 0.2) is 18.3 Å². The van der Waals surface area contributed by atoms with Gasteiger partial charge in [0.05, 0.1) is 12.9 Å². The Bertz CT molecular complexity index is 643. The molecule has 8 nitrogen and oxygen atoms in total. The van der Waals surface area contributed by atoms with Gasteiger partial charge in [-0.05, 0) is 6.07 Å². The maximum absolute atomic E-state index is 11.8. The van der Waals surface area contributed by atoms with Crippen LogP contribution in [0, 0.1) is 0 Å². The molecule has 0 spiro atoms. The fourth-order valence-corrected chi connectivity index (χ4v) is 2.06.